The zero-order valence-corrected chi connectivity index (χ0v) is 13.7. The molecule has 0 fully saturated rings. The van der Waals surface area contributed by atoms with E-state index in [0.29, 0.717) is 0 Å². The van der Waals surface area contributed by atoms with E-state index < -0.39 is 28.7 Å². The highest BCUT2D eigenvalue weighted by Crippen LogP contribution is 2.41. The Labute approximate surface area is 142 Å². The fraction of sp³-hybridized carbons (Fsp3) is 0.250. The number of nitro groups is 1. The average molecular weight is 348 g/mol. The van der Waals surface area contributed by atoms with Gasteiger partial charge in [0.05, 0.1) is 30.6 Å². The maximum Gasteiger partial charge on any atom is 0.336 e. The standard InChI is InChI=1S/C16H16N2O7/c1-8-11(15(20)24-2)12(13(14(19)17-8)16(21)25-3)9-6-4-5-7-10(9)18(22)23/h4-7,12,21H,1-3H3,(H,17,19)/b16-13-. The number of allylic oxidation sites excluding steroid dienone is 1. The van der Waals surface area contributed by atoms with E-state index in [1.807, 2.05) is 0 Å². The lowest BCUT2D eigenvalue weighted by Crippen LogP contribution is -2.37. The first-order valence-electron chi connectivity index (χ1n) is 7.14. The number of esters is 1. The van der Waals surface area contributed by atoms with Crippen LogP contribution >= 0.6 is 0 Å². The first-order chi connectivity index (χ1) is 11.8. The smallest absolute Gasteiger partial charge is 0.336 e. The van der Waals surface area contributed by atoms with Crippen LogP contribution in [0.15, 0.2) is 47.1 Å². The quantitative estimate of drug-likeness (QED) is 0.278. The molecule has 0 radical (unpaired) electrons. The third kappa shape index (κ3) is 3.16. The van der Waals surface area contributed by atoms with Crippen LogP contribution in [0.2, 0.25) is 0 Å². The molecule has 1 unspecified atom stereocenters. The summed E-state index contributed by atoms with van der Waals surface area (Å²) in [5.74, 6) is -3.48. The van der Waals surface area contributed by atoms with Crippen molar-refractivity contribution in [1.82, 2.24) is 5.32 Å². The van der Waals surface area contributed by atoms with Crippen LogP contribution < -0.4 is 5.32 Å². The van der Waals surface area contributed by atoms with Gasteiger partial charge in [0.1, 0.15) is 5.57 Å². The molecule has 0 aliphatic carbocycles. The number of ether oxygens (including phenoxy) is 2. The highest BCUT2D eigenvalue weighted by Gasteiger charge is 2.42. The number of nitrogens with one attached hydrogen (secondary N) is 1. The highest BCUT2D eigenvalue weighted by molar-refractivity contribution is 6.05. The summed E-state index contributed by atoms with van der Waals surface area (Å²) >= 11 is 0. The number of aliphatic hydroxyl groups is 1. The number of carbonyl (C=O) groups excluding carboxylic acids is 2. The SMILES string of the molecule is COC(=O)C1=C(C)NC(=O)/C(=C(/O)OC)C1c1ccccc1[N+](=O)[O-]. The van der Waals surface area contributed by atoms with Crippen molar-refractivity contribution in [3.05, 3.63) is 62.7 Å². The minimum absolute atomic E-state index is 0.0324. The Bertz CT molecular complexity index is 810. The molecule has 9 nitrogen and oxygen atoms in total. The number of methoxy groups -OCH3 is 2. The van der Waals surface area contributed by atoms with Crippen molar-refractivity contribution < 1.29 is 29.1 Å². The minimum Gasteiger partial charge on any atom is -0.481 e. The molecule has 2 N–H and O–H groups in total. The number of aliphatic hydroxyl groups excluding tert-OH is 1. The predicted octanol–water partition coefficient (Wildman–Crippen LogP) is 1.67. The zero-order chi connectivity index (χ0) is 18.7. The fourth-order valence-corrected chi connectivity index (χ4v) is 2.72. The van der Waals surface area contributed by atoms with Gasteiger partial charge in [0, 0.05) is 17.3 Å². The molecule has 1 atom stereocenters. The first-order valence-corrected chi connectivity index (χ1v) is 7.14. The summed E-state index contributed by atoms with van der Waals surface area (Å²) in [4.78, 5) is 35.4. The van der Waals surface area contributed by atoms with Crippen LogP contribution in [0.1, 0.15) is 18.4 Å². The molecule has 1 aliphatic rings. The number of hydrogen-bond donors (Lipinski definition) is 2. The summed E-state index contributed by atoms with van der Waals surface area (Å²) in [5.41, 5.74) is -0.427. The molecular weight excluding hydrogens is 332 g/mol. The summed E-state index contributed by atoms with van der Waals surface area (Å²) in [7, 11) is 2.28. The first kappa shape index (κ1) is 18.0. The number of para-hydroxylation sites is 1. The normalized spacial score (nSPS) is 19.2. The summed E-state index contributed by atoms with van der Waals surface area (Å²) in [6.07, 6.45) is 0. The van der Waals surface area contributed by atoms with Crippen molar-refractivity contribution >= 4 is 17.6 Å². The zero-order valence-electron chi connectivity index (χ0n) is 13.7. The number of hydrogen-bond acceptors (Lipinski definition) is 7. The fourth-order valence-electron chi connectivity index (χ4n) is 2.72. The second kappa shape index (κ2) is 7.04. The van der Waals surface area contributed by atoms with E-state index >= 15 is 0 Å². The lowest BCUT2D eigenvalue weighted by Gasteiger charge is -2.28. The van der Waals surface area contributed by atoms with Crippen LogP contribution in [0, 0.1) is 10.1 Å². The van der Waals surface area contributed by atoms with E-state index in [2.05, 4.69) is 5.32 Å². The topological polar surface area (TPSA) is 128 Å². The van der Waals surface area contributed by atoms with Crippen molar-refractivity contribution in [3.63, 3.8) is 0 Å². The maximum absolute atomic E-state index is 12.4. The molecule has 9 heteroatoms. The van der Waals surface area contributed by atoms with E-state index in [0.717, 1.165) is 14.2 Å². The largest absolute Gasteiger partial charge is 0.481 e. The van der Waals surface area contributed by atoms with Crippen LogP contribution in [0.5, 0.6) is 0 Å². The monoisotopic (exact) mass is 348 g/mol. The van der Waals surface area contributed by atoms with Gasteiger partial charge in [-0.25, -0.2) is 4.79 Å². The Morgan fingerprint density at radius 1 is 1.28 bits per heavy atom. The van der Waals surface area contributed by atoms with Gasteiger partial charge in [-0.05, 0) is 6.92 Å². The summed E-state index contributed by atoms with van der Waals surface area (Å²) < 4.78 is 9.49. The molecule has 1 aliphatic heterocycles. The molecule has 132 valence electrons. The van der Waals surface area contributed by atoms with Gasteiger partial charge in [0.15, 0.2) is 0 Å². The van der Waals surface area contributed by atoms with Gasteiger partial charge in [0.25, 0.3) is 17.5 Å². The molecule has 0 saturated heterocycles. The van der Waals surface area contributed by atoms with Crippen LogP contribution in [-0.4, -0.2) is 36.1 Å². The Kier molecular flexibility index (Phi) is 5.06. The number of amides is 1. The number of benzene rings is 1. The summed E-state index contributed by atoms with van der Waals surface area (Å²) in [6, 6.07) is 5.63. The molecule has 0 bridgehead atoms. The van der Waals surface area contributed by atoms with Gasteiger partial charge in [-0.1, -0.05) is 18.2 Å². The highest BCUT2D eigenvalue weighted by atomic mass is 16.6. The number of nitro benzene ring substituents is 1. The maximum atomic E-state index is 12.4. The third-order valence-electron chi connectivity index (χ3n) is 3.80. The molecule has 1 amide bonds. The molecule has 0 aromatic heterocycles. The van der Waals surface area contributed by atoms with E-state index in [1.165, 1.54) is 31.2 Å². The van der Waals surface area contributed by atoms with Crippen LogP contribution in [0.4, 0.5) is 5.69 Å². The number of rotatable bonds is 4. The van der Waals surface area contributed by atoms with E-state index in [-0.39, 0.29) is 28.1 Å². The van der Waals surface area contributed by atoms with E-state index in [4.69, 9.17) is 9.47 Å². The molecule has 25 heavy (non-hydrogen) atoms. The molecular formula is C16H16N2O7. The third-order valence-corrected chi connectivity index (χ3v) is 3.80. The van der Waals surface area contributed by atoms with Gasteiger partial charge < -0.3 is 19.9 Å². The minimum atomic E-state index is -1.22. The van der Waals surface area contributed by atoms with Crippen molar-refractivity contribution in [1.29, 1.82) is 0 Å². The summed E-state index contributed by atoms with van der Waals surface area (Å²) in [6.45, 7) is 1.46. The van der Waals surface area contributed by atoms with Crippen LogP contribution in [0.3, 0.4) is 0 Å². The van der Waals surface area contributed by atoms with Gasteiger partial charge >= 0.3 is 5.97 Å². The molecule has 1 aromatic rings. The summed E-state index contributed by atoms with van der Waals surface area (Å²) in [5, 5.41) is 23.8. The van der Waals surface area contributed by atoms with E-state index in [1.54, 1.807) is 0 Å². The lowest BCUT2D eigenvalue weighted by atomic mass is 9.80. The molecule has 1 heterocycles. The van der Waals surface area contributed by atoms with Crippen molar-refractivity contribution in [2.24, 2.45) is 0 Å². The van der Waals surface area contributed by atoms with Gasteiger partial charge in [-0.3, -0.25) is 14.9 Å². The number of nitrogens with zero attached hydrogens (tertiary/aromatic N) is 1. The molecule has 0 spiro atoms. The van der Waals surface area contributed by atoms with Crippen molar-refractivity contribution in [2.75, 3.05) is 14.2 Å². The molecule has 0 saturated carbocycles. The second-order valence-corrected chi connectivity index (χ2v) is 5.16. The Hall–Kier alpha value is -3.36. The predicted molar refractivity (Wildman–Crippen MR) is 85.4 cm³/mol. The lowest BCUT2D eigenvalue weighted by molar-refractivity contribution is -0.385. The van der Waals surface area contributed by atoms with Gasteiger partial charge in [-0.2, -0.15) is 0 Å². The van der Waals surface area contributed by atoms with E-state index in [9.17, 15) is 24.8 Å². The number of carbonyl (C=O) groups is 2. The Balaban J connectivity index is 2.86. The Morgan fingerprint density at radius 2 is 1.92 bits per heavy atom. The Morgan fingerprint density at radius 3 is 2.48 bits per heavy atom. The van der Waals surface area contributed by atoms with Crippen LogP contribution in [0.25, 0.3) is 0 Å². The van der Waals surface area contributed by atoms with Crippen molar-refractivity contribution in [3.8, 4) is 0 Å². The molecule has 1 aromatic carbocycles. The van der Waals surface area contributed by atoms with Gasteiger partial charge in [0.2, 0.25) is 0 Å². The molecule has 2 rings (SSSR count). The average Bonchev–Trinajstić information content (AvgIpc) is 2.59. The second-order valence-electron chi connectivity index (χ2n) is 5.16. The van der Waals surface area contributed by atoms with Crippen LogP contribution in [-0.2, 0) is 19.1 Å². The van der Waals surface area contributed by atoms with Gasteiger partial charge in [-0.15, -0.1) is 0 Å². The van der Waals surface area contributed by atoms with Crippen molar-refractivity contribution in [2.45, 2.75) is 12.8 Å².